The Kier molecular flexibility index (Phi) is 13.0. The molecule has 0 aliphatic carbocycles. The number of hydrogen-bond acceptors (Lipinski definition) is 8. The Morgan fingerprint density at radius 2 is 0.803 bits per heavy atom. The lowest BCUT2D eigenvalue weighted by atomic mass is 9.79. The van der Waals surface area contributed by atoms with E-state index in [9.17, 15) is 9.59 Å². The van der Waals surface area contributed by atoms with Crippen molar-refractivity contribution < 1.29 is 28.4 Å². The maximum absolute atomic E-state index is 13.4. The highest BCUT2D eigenvalue weighted by atomic mass is 16.5. The third kappa shape index (κ3) is 8.77. The molecular weight excluding hydrogens is 769 g/mol. The number of aromatic nitrogens is 2. The lowest BCUT2D eigenvalue weighted by molar-refractivity contribution is 0.0000506. The molecule has 1 N–H and O–H groups in total. The van der Waals surface area contributed by atoms with E-state index in [1.807, 2.05) is 158 Å². The Morgan fingerprint density at radius 1 is 0.492 bits per heavy atom. The van der Waals surface area contributed by atoms with Crippen molar-refractivity contribution in [2.24, 2.45) is 0 Å². The van der Waals surface area contributed by atoms with Gasteiger partial charge in [-0.25, -0.2) is 4.79 Å². The van der Waals surface area contributed by atoms with Crippen LogP contribution in [0.5, 0.6) is 23.0 Å². The summed E-state index contributed by atoms with van der Waals surface area (Å²) in [7, 11) is 6.52. The van der Waals surface area contributed by atoms with Crippen LogP contribution in [0.2, 0.25) is 0 Å². The first-order valence-electron chi connectivity index (χ1n) is 19.7. The van der Waals surface area contributed by atoms with Crippen LogP contribution in [-0.4, -0.2) is 51.2 Å². The van der Waals surface area contributed by atoms with Gasteiger partial charge in [0.2, 0.25) is 0 Å². The first-order chi connectivity index (χ1) is 29.7. The Morgan fingerprint density at radius 3 is 1.11 bits per heavy atom. The van der Waals surface area contributed by atoms with Crippen molar-refractivity contribution in [2.75, 3.05) is 41.7 Å². The highest BCUT2D eigenvalue weighted by Crippen LogP contribution is 2.44. The molecule has 0 radical (unpaired) electrons. The van der Waals surface area contributed by atoms with Crippen LogP contribution in [-0.2, 0) is 20.7 Å². The van der Waals surface area contributed by atoms with Gasteiger partial charge in [-0.2, -0.15) is 0 Å². The summed E-state index contributed by atoms with van der Waals surface area (Å²) >= 11 is 0. The summed E-state index contributed by atoms with van der Waals surface area (Å²) in [5, 5.41) is 0. The Hall–Kier alpha value is -7.14. The van der Waals surface area contributed by atoms with Gasteiger partial charge >= 0.3 is 5.69 Å². The summed E-state index contributed by atoms with van der Waals surface area (Å²) in [6.45, 7) is 1.58. The SMILES string of the molecule is COc1ccc(C(OCC(=Cn2cc(C)c(=O)[nH]c2=O)COC(c2ccccc2)(c2ccc(OC)cc2)c2ccc(OC)cc2)(c2ccccc2)c2ccc(OC)cc2)cc1. The zero-order chi connectivity index (χ0) is 42.8. The summed E-state index contributed by atoms with van der Waals surface area (Å²) in [6, 6.07) is 51.0. The minimum Gasteiger partial charge on any atom is -0.497 e. The highest BCUT2D eigenvalue weighted by Gasteiger charge is 2.40. The van der Waals surface area contributed by atoms with Crippen molar-refractivity contribution in [1.29, 1.82) is 0 Å². The molecule has 310 valence electrons. The fourth-order valence-corrected chi connectivity index (χ4v) is 7.55. The van der Waals surface area contributed by atoms with Gasteiger partial charge in [0.25, 0.3) is 5.56 Å². The second-order valence-electron chi connectivity index (χ2n) is 14.4. The van der Waals surface area contributed by atoms with Crippen molar-refractivity contribution in [3.63, 3.8) is 0 Å². The van der Waals surface area contributed by atoms with Gasteiger partial charge in [0.1, 0.15) is 34.2 Å². The molecule has 61 heavy (non-hydrogen) atoms. The number of rotatable bonds is 17. The van der Waals surface area contributed by atoms with Crippen molar-refractivity contribution in [3.8, 4) is 23.0 Å². The molecule has 0 spiro atoms. The van der Waals surface area contributed by atoms with Gasteiger partial charge in [0, 0.05) is 18.0 Å². The van der Waals surface area contributed by atoms with E-state index >= 15 is 0 Å². The van der Waals surface area contributed by atoms with Crippen molar-refractivity contribution >= 4 is 6.20 Å². The zero-order valence-corrected chi connectivity index (χ0v) is 34.8. The summed E-state index contributed by atoms with van der Waals surface area (Å²) in [6.07, 6.45) is 3.18. The summed E-state index contributed by atoms with van der Waals surface area (Å²) in [4.78, 5) is 28.4. The van der Waals surface area contributed by atoms with Gasteiger partial charge in [-0.05, 0) is 94.4 Å². The minimum absolute atomic E-state index is 0.0341. The van der Waals surface area contributed by atoms with Gasteiger partial charge in [-0.1, -0.05) is 109 Å². The van der Waals surface area contributed by atoms with E-state index in [0.717, 1.165) is 33.4 Å². The zero-order valence-electron chi connectivity index (χ0n) is 34.8. The number of ether oxygens (including phenoxy) is 6. The van der Waals surface area contributed by atoms with Gasteiger partial charge in [0.05, 0.1) is 41.7 Å². The third-order valence-corrected chi connectivity index (χ3v) is 10.8. The van der Waals surface area contributed by atoms with Crippen LogP contribution < -0.4 is 30.2 Å². The van der Waals surface area contributed by atoms with Gasteiger partial charge in [0.15, 0.2) is 0 Å². The van der Waals surface area contributed by atoms with E-state index in [0.29, 0.717) is 34.1 Å². The molecule has 0 fully saturated rings. The number of aryl methyl sites for hydroxylation is 1. The molecule has 0 aliphatic heterocycles. The van der Waals surface area contributed by atoms with Crippen LogP contribution in [0.15, 0.2) is 179 Å². The van der Waals surface area contributed by atoms with E-state index in [1.54, 1.807) is 41.6 Å². The number of nitrogens with one attached hydrogen (secondary N) is 1. The molecule has 0 atom stereocenters. The monoisotopic (exact) mass is 816 g/mol. The van der Waals surface area contributed by atoms with Crippen LogP contribution in [0.4, 0.5) is 0 Å². The number of nitrogens with zero attached hydrogens (tertiary/aromatic N) is 1. The molecule has 0 aliphatic rings. The van der Waals surface area contributed by atoms with Gasteiger partial charge in [-0.15, -0.1) is 0 Å². The van der Waals surface area contributed by atoms with E-state index in [1.165, 1.54) is 10.8 Å². The topological polar surface area (TPSA) is 110 Å². The molecule has 1 aromatic heterocycles. The maximum atomic E-state index is 13.4. The number of benzene rings is 6. The second kappa shape index (κ2) is 18.8. The Labute approximate surface area is 355 Å². The average molecular weight is 817 g/mol. The Bertz CT molecular complexity index is 2410. The number of hydrogen-bond donors (Lipinski definition) is 1. The molecule has 10 nitrogen and oxygen atoms in total. The molecule has 6 aromatic carbocycles. The highest BCUT2D eigenvalue weighted by molar-refractivity contribution is 5.52. The predicted molar refractivity (Wildman–Crippen MR) is 237 cm³/mol. The fraction of sp³-hybridized carbons (Fsp3) is 0.176. The maximum Gasteiger partial charge on any atom is 0.332 e. The van der Waals surface area contributed by atoms with Crippen molar-refractivity contribution in [3.05, 3.63) is 229 Å². The summed E-state index contributed by atoms with van der Waals surface area (Å²) in [5.74, 6) is 2.77. The molecule has 0 saturated carbocycles. The predicted octanol–water partition coefficient (Wildman–Crippen LogP) is 8.74. The lowest BCUT2D eigenvalue weighted by Crippen LogP contribution is -2.36. The Balaban J connectivity index is 1.42. The van der Waals surface area contributed by atoms with Gasteiger partial charge < -0.3 is 28.4 Å². The molecule has 0 saturated heterocycles. The first-order valence-corrected chi connectivity index (χ1v) is 19.7. The lowest BCUT2D eigenvalue weighted by Gasteiger charge is -2.38. The van der Waals surface area contributed by atoms with E-state index < -0.39 is 22.5 Å². The van der Waals surface area contributed by atoms with Gasteiger partial charge in [-0.3, -0.25) is 14.3 Å². The van der Waals surface area contributed by atoms with Crippen molar-refractivity contribution in [1.82, 2.24) is 9.55 Å². The average Bonchev–Trinajstić information content (AvgIpc) is 3.32. The molecule has 1 heterocycles. The molecule has 0 amide bonds. The summed E-state index contributed by atoms with van der Waals surface area (Å²) in [5.41, 5.74) is 2.54. The van der Waals surface area contributed by atoms with Crippen molar-refractivity contribution in [2.45, 2.75) is 18.1 Å². The number of H-pyrrole nitrogens is 1. The van der Waals surface area contributed by atoms with E-state index in [2.05, 4.69) is 4.98 Å². The normalized spacial score (nSPS) is 11.4. The molecular formula is C51H48N2O8. The fourth-order valence-electron chi connectivity index (χ4n) is 7.55. The minimum atomic E-state index is -1.19. The number of methoxy groups -OCH3 is 4. The molecule has 10 heteroatoms. The largest absolute Gasteiger partial charge is 0.497 e. The van der Waals surface area contributed by atoms with Crippen LogP contribution in [0, 0.1) is 6.92 Å². The molecule has 7 aromatic rings. The smallest absolute Gasteiger partial charge is 0.332 e. The summed E-state index contributed by atoms with van der Waals surface area (Å²) < 4.78 is 38.3. The number of aromatic amines is 1. The van der Waals surface area contributed by atoms with Crippen LogP contribution in [0.25, 0.3) is 6.20 Å². The first kappa shape index (κ1) is 42.0. The quantitative estimate of drug-likeness (QED) is 0.0910. The van der Waals surface area contributed by atoms with E-state index in [-0.39, 0.29) is 13.2 Å². The second-order valence-corrected chi connectivity index (χ2v) is 14.4. The van der Waals surface area contributed by atoms with E-state index in [4.69, 9.17) is 28.4 Å². The van der Waals surface area contributed by atoms with Crippen LogP contribution >= 0.6 is 0 Å². The molecule has 7 rings (SSSR count). The van der Waals surface area contributed by atoms with Crippen LogP contribution in [0.3, 0.4) is 0 Å². The molecule has 0 bridgehead atoms. The van der Waals surface area contributed by atoms with Crippen LogP contribution in [0.1, 0.15) is 38.9 Å². The third-order valence-electron chi connectivity index (χ3n) is 10.8. The molecule has 0 unspecified atom stereocenters. The standard InChI is InChI=1S/C51H48N2O8/c1-36-32-53(49(55)52-48(36)54)33-37(34-60-50(38-12-8-6-9-13-38,40-16-24-44(56-2)25-17-40)41-18-26-45(57-3)27-19-41)35-61-51(39-14-10-7-11-15-39,42-20-28-46(58-4)29-21-42)43-22-30-47(59-5)31-23-43/h6-33H,34-35H2,1-5H3,(H,52,54,55).